The fourth-order valence-corrected chi connectivity index (χ4v) is 4.13. The Morgan fingerprint density at radius 2 is 1.77 bits per heavy atom. The van der Waals surface area contributed by atoms with Gasteiger partial charge in [0.05, 0.1) is 24.8 Å². The molecule has 1 aliphatic heterocycles. The first-order chi connectivity index (χ1) is 14.9. The molecule has 0 radical (unpaired) electrons. The SMILES string of the molecule is COc1ccc(NC(=O)N2CCC(C)(O)C(NC(=O)C3CC3)C2c2ccccc2)cc1. The summed E-state index contributed by atoms with van der Waals surface area (Å²) in [5.74, 6) is 0.663. The summed E-state index contributed by atoms with van der Waals surface area (Å²) in [7, 11) is 1.59. The Kier molecular flexibility index (Phi) is 5.87. The van der Waals surface area contributed by atoms with Crippen molar-refractivity contribution in [3.05, 3.63) is 60.2 Å². The van der Waals surface area contributed by atoms with E-state index in [0.29, 0.717) is 24.4 Å². The van der Waals surface area contributed by atoms with Crippen LogP contribution in [-0.2, 0) is 4.79 Å². The van der Waals surface area contributed by atoms with Gasteiger partial charge < -0.3 is 25.4 Å². The second-order valence-corrected chi connectivity index (χ2v) is 8.58. The highest BCUT2D eigenvalue weighted by Gasteiger charge is 2.48. The molecule has 2 aromatic carbocycles. The maximum atomic E-state index is 13.3. The summed E-state index contributed by atoms with van der Waals surface area (Å²) < 4.78 is 5.17. The zero-order chi connectivity index (χ0) is 22.0. The third kappa shape index (κ3) is 4.66. The zero-order valence-electron chi connectivity index (χ0n) is 17.9. The molecule has 1 saturated heterocycles. The molecule has 2 aromatic rings. The standard InChI is InChI=1S/C24H29N3O4/c1-24(30)14-15-27(23(29)25-18-10-12-19(31-2)13-11-18)20(16-6-4-3-5-7-16)21(24)26-22(28)17-8-9-17/h3-7,10-13,17,20-21,30H,8-9,14-15H2,1-2H3,(H,25,29)(H,26,28). The molecule has 7 heteroatoms. The molecule has 164 valence electrons. The quantitative estimate of drug-likeness (QED) is 0.688. The molecule has 3 amide bonds. The number of hydrogen-bond donors (Lipinski definition) is 3. The number of hydrogen-bond acceptors (Lipinski definition) is 4. The van der Waals surface area contributed by atoms with E-state index in [1.165, 1.54) is 0 Å². The second kappa shape index (κ2) is 8.59. The van der Waals surface area contributed by atoms with Crippen LogP contribution in [0.1, 0.15) is 37.8 Å². The van der Waals surface area contributed by atoms with E-state index in [2.05, 4.69) is 10.6 Å². The summed E-state index contributed by atoms with van der Waals surface area (Å²) >= 11 is 0. The van der Waals surface area contributed by atoms with Gasteiger partial charge in [-0.25, -0.2) is 4.79 Å². The minimum Gasteiger partial charge on any atom is -0.497 e. The van der Waals surface area contributed by atoms with Crippen LogP contribution < -0.4 is 15.4 Å². The molecule has 3 N–H and O–H groups in total. The van der Waals surface area contributed by atoms with E-state index < -0.39 is 17.7 Å². The largest absolute Gasteiger partial charge is 0.497 e. The van der Waals surface area contributed by atoms with Gasteiger partial charge in [-0.3, -0.25) is 4.79 Å². The Morgan fingerprint density at radius 1 is 1.10 bits per heavy atom. The van der Waals surface area contributed by atoms with Crippen molar-refractivity contribution in [2.45, 2.75) is 43.9 Å². The van der Waals surface area contributed by atoms with E-state index in [1.807, 2.05) is 30.3 Å². The lowest BCUT2D eigenvalue weighted by Gasteiger charge is -2.49. The summed E-state index contributed by atoms with van der Waals surface area (Å²) in [4.78, 5) is 27.6. The summed E-state index contributed by atoms with van der Waals surface area (Å²) in [5, 5.41) is 17.2. The van der Waals surface area contributed by atoms with Crippen molar-refractivity contribution < 1.29 is 19.4 Å². The number of piperidine rings is 1. The molecule has 3 unspecified atom stereocenters. The van der Waals surface area contributed by atoms with E-state index in [-0.39, 0.29) is 17.9 Å². The molecule has 2 fully saturated rings. The van der Waals surface area contributed by atoms with Gasteiger partial charge in [-0.05, 0) is 56.0 Å². The number of aliphatic hydroxyl groups is 1. The van der Waals surface area contributed by atoms with Crippen molar-refractivity contribution in [1.82, 2.24) is 10.2 Å². The maximum Gasteiger partial charge on any atom is 0.322 e. The van der Waals surface area contributed by atoms with E-state index in [9.17, 15) is 14.7 Å². The number of likely N-dealkylation sites (tertiary alicyclic amines) is 1. The van der Waals surface area contributed by atoms with Crippen LogP contribution in [0.5, 0.6) is 5.75 Å². The molecule has 1 heterocycles. The van der Waals surface area contributed by atoms with Crippen LogP contribution >= 0.6 is 0 Å². The van der Waals surface area contributed by atoms with Crippen LogP contribution in [0.2, 0.25) is 0 Å². The van der Waals surface area contributed by atoms with Crippen molar-refractivity contribution in [3.8, 4) is 5.75 Å². The lowest BCUT2D eigenvalue weighted by Crippen LogP contribution is -2.64. The van der Waals surface area contributed by atoms with Gasteiger partial charge in [0, 0.05) is 18.2 Å². The highest BCUT2D eigenvalue weighted by atomic mass is 16.5. The topological polar surface area (TPSA) is 90.9 Å². The Balaban J connectivity index is 1.62. The number of amides is 3. The summed E-state index contributed by atoms with van der Waals surface area (Å²) in [5.41, 5.74) is 0.379. The van der Waals surface area contributed by atoms with Crippen LogP contribution in [0, 0.1) is 5.92 Å². The average Bonchev–Trinajstić information content (AvgIpc) is 3.61. The Morgan fingerprint density at radius 3 is 2.39 bits per heavy atom. The number of ether oxygens (including phenoxy) is 1. The number of anilines is 1. The second-order valence-electron chi connectivity index (χ2n) is 8.58. The molecule has 0 aromatic heterocycles. The molecule has 1 aliphatic carbocycles. The zero-order valence-corrected chi connectivity index (χ0v) is 17.9. The minimum absolute atomic E-state index is 0.00993. The van der Waals surface area contributed by atoms with Gasteiger partial charge in [0.1, 0.15) is 5.75 Å². The summed E-state index contributed by atoms with van der Waals surface area (Å²) in [6.45, 7) is 2.10. The lowest BCUT2D eigenvalue weighted by atomic mass is 9.79. The normalized spacial score (nSPS) is 25.6. The molecule has 4 rings (SSSR count). The number of benzene rings is 2. The molecule has 1 saturated carbocycles. The van der Waals surface area contributed by atoms with Crippen molar-refractivity contribution in [3.63, 3.8) is 0 Å². The van der Waals surface area contributed by atoms with Gasteiger partial charge in [-0.2, -0.15) is 0 Å². The number of carbonyl (C=O) groups is 2. The summed E-state index contributed by atoms with van der Waals surface area (Å²) in [6, 6.07) is 15.3. The maximum absolute atomic E-state index is 13.3. The van der Waals surface area contributed by atoms with Crippen molar-refractivity contribution in [1.29, 1.82) is 0 Å². The number of carbonyl (C=O) groups excluding carboxylic acids is 2. The van der Waals surface area contributed by atoms with Crippen molar-refractivity contribution in [2.24, 2.45) is 5.92 Å². The van der Waals surface area contributed by atoms with Gasteiger partial charge in [0.15, 0.2) is 0 Å². The molecule has 0 spiro atoms. The number of nitrogens with one attached hydrogen (secondary N) is 2. The van der Waals surface area contributed by atoms with Gasteiger partial charge >= 0.3 is 6.03 Å². The molecule has 0 bridgehead atoms. The van der Waals surface area contributed by atoms with E-state index in [1.54, 1.807) is 43.2 Å². The molecule has 3 atom stereocenters. The number of rotatable bonds is 5. The third-order valence-electron chi connectivity index (χ3n) is 6.17. The molecule has 7 nitrogen and oxygen atoms in total. The third-order valence-corrected chi connectivity index (χ3v) is 6.17. The van der Waals surface area contributed by atoms with Crippen molar-refractivity contribution >= 4 is 17.6 Å². The fraction of sp³-hybridized carbons (Fsp3) is 0.417. The highest BCUT2D eigenvalue weighted by molar-refractivity contribution is 5.90. The van der Waals surface area contributed by atoms with Crippen LogP contribution in [0.3, 0.4) is 0 Å². The molecular formula is C24H29N3O4. The van der Waals surface area contributed by atoms with Crippen molar-refractivity contribution in [2.75, 3.05) is 19.0 Å². The Bertz CT molecular complexity index is 926. The predicted octanol–water partition coefficient (Wildman–Crippen LogP) is 3.32. The van der Waals surface area contributed by atoms with Crippen LogP contribution in [0.4, 0.5) is 10.5 Å². The van der Waals surface area contributed by atoms with Crippen LogP contribution in [-0.4, -0.2) is 47.2 Å². The fourth-order valence-electron chi connectivity index (χ4n) is 4.13. The molecular weight excluding hydrogens is 394 g/mol. The first-order valence-corrected chi connectivity index (χ1v) is 10.7. The average molecular weight is 424 g/mol. The number of urea groups is 1. The van der Waals surface area contributed by atoms with Crippen LogP contribution in [0.25, 0.3) is 0 Å². The monoisotopic (exact) mass is 423 g/mol. The first-order valence-electron chi connectivity index (χ1n) is 10.7. The highest BCUT2D eigenvalue weighted by Crippen LogP contribution is 2.38. The Hall–Kier alpha value is -3.06. The van der Waals surface area contributed by atoms with Gasteiger partial charge in [0.2, 0.25) is 5.91 Å². The van der Waals surface area contributed by atoms with Gasteiger partial charge in [-0.1, -0.05) is 30.3 Å². The molecule has 31 heavy (non-hydrogen) atoms. The predicted molar refractivity (Wildman–Crippen MR) is 118 cm³/mol. The summed E-state index contributed by atoms with van der Waals surface area (Å²) in [6.07, 6.45) is 2.11. The van der Waals surface area contributed by atoms with E-state index in [4.69, 9.17) is 4.74 Å². The smallest absolute Gasteiger partial charge is 0.322 e. The minimum atomic E-state index is -1.14. The van der Waals surface area contributed by atoms with Gasteiger partial charge in [0.25, 0.3) is 0 Å². The van der Waals surface area contributed by atoms with E-state index in [0.717, 1.165) is 18.4 Å². The lowest BCUT2D eigenvalue weighted by molar-refractivity contribution is -0.128. The number of methoxy groups -OCH3 is 1. The number of nitrogens with zero attached hydrogens (tertiary/aromatic N) is 1. The molecule has 2 aliphatic rings. The Labute approximate surface area is 182 Å². The van der Waals surface area contributed by atoms with Crippen LogP contribution in [0.15, 0.2) is 54.6 Å². The first kappa shape index (κ1) is 21.2. The van der Waals surface area contributed by atoms with E-state index >= 15 is 0 Å². The van der Waals surface area contributed by atoms with Gasteiger partial charge in [-0.15, -0.1) is 0 Å².